The zero-order valence-corrected chi connectivity index (χ0v) is 11.1. The van der Waals surface area contributed by atoms with Gasteiger partial charge in [0.15, 0.2) is 0 Å². The average molecular weight is 304 g/mol. The lowest BCUT2D eigenvalue weighted by molar-refractivity contribution is 0.301. The van der Waals surface area contributed by atoms with Crippen molar-refractivity contribution in [1.82, 2.24) is 25.3 Å². The number of sulfonamides is 1. The number of aromatic amines is 1. The first-order valence-corrected chi connectivity index (χ1v) is 7.04. The van der Waals surface area contributed by atoms with Crippen LogP contribution in [0.3, 0.4) is 0 Å². The third-order valence-corrected chi connectivity index (χ3v) is 4.01. The van der Waals surface area contributed by atoms with E-state index in [0.29, 0.717) is 5.56 Å². The van der Waals surface area contributed by atoms with Crippen LogP contribution in [0.2, 0.25) is 5.02 Å². The number of nitrogens with one attached hydrogen (secondary N) is 2. The van der Waals surface area contributed by atoms with Gasteiger partial charge in [-0.15, -0.1) is 10.2 Å². The van der Waals surface area contributed by atoms with Gasteiger partial charge in [-0.25, -0.2) is 13.1 Å². The van der Waals surface area contributed by atoms with Crippen molar-refractivity contribution in [3.05, 3.63) is 23.2 Å². The Hall–Kier alpha value is -1.55. The third-order valence-electron chi connectivity index (χ3n) is 2.24. The summed E-state index contributed by atoms with van der Waals surface area (Å²) in [5.74, 6) is 0.275. The summed E-state index contributed by atoms with van der Waals surface area (Å²) in [5.41, 5.74) is 0.469. The van der Waals surface area contributed by atoms with E-state index in [4.69, 9.17) is 16.7 Å². The first kappa shape index (κ1) is 13.9. The predicted molar refractivity (Wildman–Crippen MR) is 66.9 cm³/mol. The fraction of sp³-hybridized carbons (Fsp3) is 0.222. The maximum absolute atomic E-state index is 11.8. The highest BCUT2D eigenvalue weighted by molar-refractivity contribution is 7.89. The van der Waals surface area contributed by atoms with Crippen molar-refractivity contribution in [3.8, 4) is 11.4 Å². The van der Waals surface area contributed by atoms with Crippen LogP contribution in [0, 0.1) is 0 Å². The lowest BCUT2D eigenvalue weighted by Gasteiger charge is -2.07. The van der Waals surface area contributed by atoms with Crippen molar-refractivity contribution in [2.24, 2.45) is 0 Å². The maximum Gasteiger partial charge on any atom is 0.240 e. The Bertz CT molecular complexity index is 658. The fourth-order valence-electron chi connectivity index (χ4n) is 1.38. The third kappa shape index (κ3) is 3.07. The molecule has 0 aliphatic heterocycles. The van der Waals surface area contributed by atoms with Crippen molar-refractivity contribution in [1.29, 1.82) is 0 Å². The van der Waals surface area contributed by atoms with Crippen molar-refractivity contribution >= 4 is 21.6 Å². The van der Waals surface area contributed by atoms with Crippen LogP contribution in [-0.2, 0) is 10.0 Å². The maximum atomic E-state index is 11.8. The van der Waals surface area contributed by atoms with E-state index >= 15 is 0 Å². The van der Waals surface area contributed by atoms with Crippen LogP contribution >= 0.6 is 11.6 Å². The number of hydrogen-bond acceptors (Lipinski definition) is 6. The van der Waals surface area contributed by atoms with E-state index in [1.165, 1.54) is 18.2 Å². The number of halogens is 1. The molecule has 0 aliphatic rings. The van der Waals surface area contributed by atoms with Crippen LogP contribution < -0.4 is 4.72 Å². The number of aliphatic hydroxyl groups excluding tert-OH is 1. The molecular weight excluding hydrogens is 294 g/mol. The van der Waals surface area contributed by atoms with E-state index in [1.807, 2.05) is 0 Å². The SMILES string of the molecule is O=S(=O)(NCCO)c1ccc(-c2nn[nH]n2)c(Cl)c1. The number of aliphatic hydroxyl groups is 1. The molecule has 19 heavy (non-hydrogen) atoms. The predicted octanol–water partition coefficient (Wildman–Crippen LogP) is -0.209. The molecule has 10 heteroatoms. The van der Waals surface area contributed by atoms with E-state index in [1.54, 1.807) is 0 Å². The van der Waals surface area contributed by atoms with Crippen molar-refractivity contribution in [2.45, 2.75) is 4.90 Å². The number of aromatic nitrogens is 4. The standard InChI is InChI=1S/C9H10ClN5O3S/c10-8-5-6(19(17,18)11-3-4-16)1-2-7(8)9-12-14-15-13-9/h1-2,5,11,16H,3-4H2,(H,12,13,14,15). The van der Waals surface area contributed by atoms with Crippen LogP contribution in [0.15, 0.2) is 23.1 Å². The van der Waals surface area contributed by atoms with Crippen LogP contribution in [0.1, 0.15) is 0 Å². The highest BCUT2D eigenvalue weighted by Crippen LogP contribution is 2.27. The molecule has 0 unspecified atom stereocenters. The summed E-state index contributed by atoms with van der Waals surface area (Å²) >= 11 is 6.00. The molecular formula is C9H10ClN5O3S. The van der Waals surface area contributed by atoms with Crippen LogP contribution in [0.4, 0.5) is 0 Å². The lowest BCUT2D eigenvalue weighted by atomic mass is 10.2. The molecule has 8 nitrogen and oxygen atoms in total. The second-order valence-corrected chi connectivity index (χ2v) is 5.67. The van der Waals surface area contributed by atoms with Gasteiger partial charge in [0.2, 0.25) is 15.8 Å². The molecule has 1 aromatic heterocycles. The Morgan fingerprint density at radius 1 is 1.42 bits per heavy atom. The zero-order chi connectivity index (χ0) is 13.9. The molecule has 0 fully saturated rings. The normalized spacial score (nSPS) is 11.7. The topological polar surface area (TPSA) is 121 Å². The molecule has 102 valence electrons. The highest BCUT2D eigenvalue weighted by atomic mass is 35.5. The average Bonchev–Trinajstić information content (AvgIpc) is 2.90. The number of hydrogen-bond donors (Lipinski definition) is 3. The van der Waals surface area contributed by atoms with Gasteiger partial charge in [0.1, 0.15) is 0 Å². The second kappa shape index (κ2) is 5.61. The van der Waals surface area contributed by atoms with Gasteiger partial charge in [0.25, 0.3) is 0 Å². The van der Waals surface area contributed by atoms with Crippen molar-refractivity contribution < 1.29 is 13.5 Å². The molecule has 0 radical (unpaired) electrons. The lowest BCUT2D eigenvalue weighted by Crippen LogP contribution is -2.26. The second-order valence-electron chi connectivity index (χ2n) is 3.50. The Balaban J connectivity index is 2.34. The Morgan fingerprint density at radius 3 is 2.79 bits per heavy atom. The van der Waals surface area contributed by atoms with E-state index in [2.05, 4.69) is 25.3 Å². The molecule has 2 aromatic rings. The monoisotopic (exact) mass is 303 g/mol. The Labute approximate surface area is 113 Å². The van der Waals surface area contributed by atoms with Gasteiger partial charge in [-0.1, -0.05) is 11.6 Å². The molecule has 0 amide bonds. The Kier molecular flexibility index (Phi) is 4.10. The molecule has 0 saturated carbocycles. The van der Waals surface area contributed by atoms with Gasteiger partial charge in [0, 0.05) is 12.1 Å². The molecule has 1 heterocycles. The van der Waals surface area contributed by atoms with Gasteiger partial charge in [-0.05, 0) is 23.4 Å². The zero-order valence-electron chi connectivity index (χ0n) is 9.54. The molecule has 0 saturated heterocycles. The summed E-state index contributed by atoms with van der Waals surface area (Å²) in [7, 11) is -3.69. The van der Waals surface area contributed by atoms with Gasteiger partial charge in [-0.3, -0.25) is 0 Å². The minimum absolute atomic E-state index is 0.00167. The summed E-state index contributed by atoms with van der Waals surface area (Å²) < 4.78 is 25.8. The molecule has 2 rings (SSSR count). The Morgan fingerprint density at radius 2 is 2.21 bits per heavy atom. The molecule has 1 aromatic carbocycles. The van der Waals surface area contributed by atoms with Crippen molar-refractivity contribution in [2.75, 3.05) is 13.2 Å². The number of H-pyrrole nitrogens is 1. The molecule has 0 atom stereocenters. The number of nitrogens with zero attached hydrogens (tertiary/aromatic N) is 3. The molecule has 0 bridgehead atoms. The number of tetrazole rings is 1. The van der Waals surface area contributed by atoms with Crippen LogP contribution in [0.25, 0.3) is 11.4 Å². The smallest absolute Gasteiger partial charge is 0.240 e. The summed E-state index contributed by atoms with van der Waals surface area (Å²) in [5, 5.41) is 22.0. The van der Waals surface area contributed by atoms with Gasteiger partial charge < -0.3 is 5.11 Å². The summed E-state index contributed by atoms with van der Waals surface area (Å²) in [6.07, 6.45) is 0. The molecule has 0 aliphatic carbocycles. The number of benzene rings is 1. The quantitative estimate of drug-likeness (QED) is 0.703. The summed E-state index contributed by atoms with van der Waals surface area (Å²) in [6, 6.07) is 4.14. The van der Waals surface area contributed by atoms with E-state index < -0.39 is 10.0 Å². The highest BCUT2D eigenvalue weighted by Gasteiger charge is 2.16. The number of rotatable bonds is 5. The van der Waals surface area contributed by atoms with E-state index in [-0.39, 0.29) is 28.9 Å². The summed E-state index contributed by atoms with van der Waals surface area (Å²) in [4.78, 5) is -0.00167. The van der Waals surface area contributed by atoms with Crippen molar-refractivity contribution in [3.63, 3.8) is 0 Å². The molecule has 0 spiro atoms. The van der Waals surface area contributed by atoms with Crippen LogP contribution in [0.5, 0.6) is 0 Å². The molecule has 3 N–H and O–H groups in total. The van der Waals surface area contributed by atoms with Crippen LogP contribution in [-0.4, -0.2) is 47.3 Å². The van der Waals surface area contributed by atoms with Gasteiger partial charge in [0.05, 0.1) is 16.5 Å². The van der Waals surface area contributed by atoms with Gasteiger partial charge in [-0.2, -0.15) is 5.21 Å². The largest absolute Gasteiger partial charge is 0.395 e. The van der Waals surface area contributed by atoms with Gasteiger partial charge >= 0.3 is 0 Å². The fourth-order valence-corrected chi connectivity index (χ4v) is 2.76. The van der Waals surface area contributed by atoms with E-state index in [0.717, 1.165) is 0 Å². The first-order chi connectivity index (χ1) is 9.04. The minimum atomic E-state index is -3.69. The van der Waals surface area contributed by atoms with E-state index in [9.17, 15) is 8.42 Å². The minimum Gasteiger partial charge on any atom is -0.395 e. The summed E-state index contributed by atoms with van der Waals surface area (Å²) in [6.45, 7) is -0.347. The first-order valence-electron chi connectivity index (χ1n) is 5.18.